The average Bonchev–Trinajstić information content (AvgIpc) is 3.09. The number of aromatic nitrogens is 1. The van der Waals surface area contributed by atoms with Crippen LogP contribution >= 0.6 is 11.3 Å². The fourth-order valence-electron chi connectivity index (χ4n) is 3.31. The molecule has 7 nitrogen and oxygen atoms in total. The second-order valence-corrected chi connectivity index (χ2v) is 9.73. The molecule has 0 radical (unpaired) electrons. The van der Waals surface area contributed by atoms with Crippen molar-refractivity contribution in [1.82, 2.24) is 9.29 Å². The number of nitrogens with zero attached hydrogens (tertiary/aromatic N) is 3. The Balaban J connectivity index is 1.52. The van der Waals surface area contributed by atoms with Crippen molar-refractivity contribution in [3.05, 3.63) is 53.0 Å². The second kappa shape index (κ2) is 7.16. The number of anilines is 1. The quantitative estimate of drug-likeness (QED) is 0.702. The van der Waals surface area contributed by atoms with Gasteiger partial charge in [-0.25, -0.2) is 18.2 Å². The van der Waals surface area contributed by atoms with Gasteiger partial charge in [0.05, 0.1) is 4.90 Å². The molecular weight excluding hydrogens is 398 g/mol. The molecule has 28 heavy (non-hydrogen) atoms. The Bertz CT molecular complexity index is 1150. The van der Waals surface area contributed by atoms with E-state index >= 15 is 0 Å². The number of thiazole rings is 1. The van der Waals surface area contributed by atoms with Gasteiger partial charge in [-0.05, 0) is 29.8 Å². The molecule has 2 heterocycles. The van der Waals surface area contributed by atoms with Crippen LogP contribution in [0.4, 0.5) is 5.13 Å². The van der Waals surface area contributed by atoms with Gasteiger partial charge in [0.25, 0.3) is 0 Å². The molecule has 0 saturated carbocycles. The van der Waals surface area contributed by atoms with E-state index in [0.29, 0.717) is 36.2 Å². The molecule has 4 rings (SSSR count). The smallest absolute Gasteiger partial charge is 0.355 e. The summed E-state index contributed by atoms with van der Waals surface area (Å²) in [7, 11) is -3.58. The molecule has 146 valence electrons. The van der Waals surface area contributed by atoms with Crippen LogP contribution in [-0.2, 0) is 10.0 Å². The van der Waals surface area contributed by atoms with Crippen LogP contribution in [0.15, 0.2) is 47.4 Å². The van der Waals surface area contributed by atoms with Gasteiger partial charge in [-0.15, -0.1) is 11.3 Å². The van der Waals surface area contributed by atoms with E-state index in [4.69, 9.17) is 5.11 Å². The first-order valence-electron chi connectivity index (χ1n) is 8.81. The predicted molar refractivity (Wildman–Crippen MR) is 109 cm³/mol. The van der Waals surface area contributed by atoms with Gasteiger partial charge in [0.1, 0.15) is 0 Å². The van der Waals surface area contributed by atoms with Crippen molar-refractivity contribution in [3.8, 4) is 0 Å². The minimum Gasteiger partial charge on any atom is -0.476 e. The summed E-state index contributed by atoms with van der Waals surface area (Å²) in [5.74, 6) is -1.04. The minimum absolute atomic E-state index is 0.0613. The first-order valence-corrected chi connectivity index (χ1v) is 11.1. The van der Waals surface area contributed by atoms with Crippen molar-refractivity contribution < 1.29 is 18.3 Å². The van der Waals surface area contributed by atoms with E-state index in [0.717, 1.165) is 10.8 Å². The highest BCUT2D eigenvalue weighted by Crippen LogP contribution is 2.28. The van der Waals surface area contributed by atoms with Crippen LogP contribution in [0.3, 0.4) is 0 Å². The zero-order valence-corrected chi connectivity index (χ0v) is 16.8. The Hall–Kier alpha value is -2.49. The number of hydrogen-bond acceptors (Lipinski definition) is 6. The van der Waals surface area contributed by atoms with E-state index < -0.39 is 16.0 Å². The number of sulfonamides is 1. The predicted octanol–water partition coefficient (Wildman–Crippen LogP) is 2.81. The molecule has 1 fully saturated rings. The van der Waals surface area contributed by atoms with Crippen molar-refractivity contribution in [3.63, 3.8) is 0 Å². The largest absolute Gasteiger partial charge is 0.476 e. The Kier molecular flexibility index (Phi) is 4.82. The molecule has 1 aliphatic rings. The van der Waals surface area contributed by atoms with Gasteiger partial charge in [-0.2, -0.15) is 4.31 Å². The molecule has 0 spiro atoms. The fourth-order valence-corrected chi connectivity index (χ4v) is 5.72. The lowest BCUT2D eigenvalue weighted by Crippen LogP contribution is -2.48. The summed E-state index contributed by atoms with van der Waals surface area (Å²) in [5, 5.41) is 11.7. The molecule has 0 aliphatic carbocycles. The number of hydrogen-bond donors (Lipinski definition) is 1. The maximum Gasteiger partial charge on any atom is 0.355 e. The lowest BCUT2D eigenvalue weighted by atomic mass is 10.1. The molecule has 3 aromatic rings. The second-order valence-electron chi connectivity index (χ2n) is 6.61. The number of aromatic carboxylic acids is 1. The van der Waals surface area contributed by atoms with Crippen molar-refractivity contribution >= 4 is 43.2 Å². The van der Waals surface area contributed by atoms with Gasteiger partial charge in [0.15, 0.2) is 10.8 Å². The van der Waals surface area contributed by atoms with Gasteiger partial charge in [0.2, 0.25) is 10.0 Å². The van der Waals surface area contributed by atoms with Gasteiger partial charge in [-0.3, -0.25) is 0 Å². The van der Waals surface area contributed by atoms with E-state index in [2.05, 4.69) is 4.98 Å². The van der Waals surface area contributed by atoms with E-state index in [1.807, 2.05) is 35.2 Å². The molecule has 1 aliphatic heterocycles. The van der Waals surface area contributed by atoms with Crippen LogP contribution in [0.25, 0.3) is 10.8 Å². The molecule has 1 saturated heterocycles. The Morgan fingerprint density at radius 2 is 1.75 bits per heavy atom. The zero-order chi connectivity index (χ0) is 19.9. The third kappa shape index (κ3) is 3.36. The number of aryl methyl sites for hydroxylation is 1. The summed E-state index contributed by atoms with van der Waals surface area (Å²) in [6.45, 7) is 3.33. The third-order valence-electron chi connectivity index (χ3n) is 4.86. The van der Waals surface area contributed by atoms with Gasteiger partial charge in [-0.1, -0.05) is 30.3 Å². The van der Waals surface area contributed by atoms with E-state index in [9.17, 15) is 13.2 Å². The fraction of sp³-hybridized carbons (Fsp3) is 0.263. The van der Waals surface area contributed by atoms with Crippen LogP contribution in [0, 0.1) is 6.92 Å². The number of carboxylic acids is 1. The molecular formula is C19H19N3O4S2. The number of piperazine rings is 1. The van der Waals surface area contributed by atoms with Crippen molar-refractivity contribution in [2.75, 3.05) is 31.1 Å². The topological polar surface area (TPSA) is 90.8 Å². The summed E-state index contributed by atoms with van der Waals surface area (Å²) in [5.41, 5.74) is 0.0613. The number of rotatable bonds is 4. The van der Waals surface area contributed by atoms with Crippen LogP contribution in [0.5, 0.6) is 0 Å². The van der Waals surface area contributed by atoms with E-state index in [1.54, 1.807) is 19.1 Å². The number of benzene rings is 2. The highest BCUT2D eigenvalue weighted by Gasteiger charge is 2.30. The van der Waals surface area contributed by atoms with Gasteiger partial charge >= 0.3 is 5.97 Å². The number of carboxylic acid groups (broad SMARTS) is 1. The van der Waals surface area contributed by atoms with E-state index in [-0.39, 0.29) is 10.6 Å². The SMILES string of the molecule is Cc1sc(N2CCN(S(=O)(=O)c3ccc4ccccc4c3)CC2)nc1C(=O)O. The summed E-state index contributed by atoms with van der Waals surface area (Å²) in [6, 6.07) is 12.8. The normalized spacial score (nSPS) is 15.8. The first-order chi connectivity index (χ1) is 13.4. The van der Waals surface area contributed by atoms with Crippen molar-refractivity contribution in [2.45, 2.75) is 11.8 Å². The van der Waals surface area contributed by atoms with Crippen LogP contribution in [0.2, 0.25) is 0 Å². The van der Waals surface area contributed by atoms with Crippen LogP contribution in [-0.4, -0.2) is 55.0 Å². The highest BCUT2D eigenvalue weighted by molar-refractivity contribution is 7.89. The molecule has 1 aromatic heterocycles. The molecule has 0 amide bonds. The molecule has 0 atom stereocenters. The number of fused-ring (bicyclic) bond motifs is 1. The summed E-state index contributed by atoms with van der Waals surface area (Å²) < 4.78 is 27.6. The lowest BCUT2D eigenvalue weighted by Gasteiger charge is -2.33. The Morgan fingerprint density at radius 1 is 1.07 bits per heavy atom. The maximum absolute atomic E-state index is 13.0. The standard InChI is InChI=1S/C19H19N3O4S2/c1-13-17(18(23)24)20-19(27-13)21-8-10-22(11-9-21)28(25,26)16-7-6-14-4-2-3-5-15(14)12-16/h2-7,12H,8-11H2,1H3,(H,23,24). The summed E-state index contributed by atoms with van der Waals surface area (Å²) in [6.07, 6.45) is 0. The van der Waals surface area contributed by atoms with Crippen LogP contribution < -0.4 is 4.90 Å². The highest BCUT2D eigenvalue weighted by atomic mass is 32.2. The number of carbonyl (C=O) groups is 1. The maximum atomic E-state index is 13.0. The van der Waals surface area contributed by atoms with Gasteiger partial charge < -0.3 is 10.0 Å². The lowest BCUT2D eigenvalue weighted by molar-refractivity contribution is 0.0690. The minimum atomic E-state index is -3.58. The van der Waals surface area contributed by atoms with Crippen molar-refractivity contribution in [1.29, 1.82) is 0 Å². The summed E-state index contributed by atoms with van der Waals surface area (Å²) >= 11 is 1.32. The summed E-state index contributed by atoms with van der Waals surface area (Å²) in [4.78, 5) is 18.3. The Morgan fingerprint density at radius 3 is 2.39 bits per heavy atom. The zero-order valence-electron chi connectivity index (χ0n) is 15.2. The molecule has 9 heteroatoms. The molecule has 2 aromatic carbocycles. The van der Waals surface area contributed by atoms with E-state index in [1.165, 1.54) is 15.6 Å². The van der Waals surface area contributed by atoms with Crippen LogP contribution in [0.1, 0.15) is 15.4 Å². The molecule has 0 bridgehead atoms. The monoisotopic (exact) mass is 417 g/mol. The first kappa shape index (κ1) is 18.9. The Labute approximate surface area is 166 Å². The molecule has 1 N–H and O–H groups in total. The third-order valence-corrected chi connectivity index (χ3v) is 7.78. The van der Waals surface area contributed by atoms with Gasteiger partial charge in [0, 0.05) is 31.1 Å². The molecule has 0 unspecified atom stereocenters. The average molecular weight is 418 g/mol. The van der Waals surface area contributed by atoms with Crippen molar-refractivity contribution in [2.24, 2.45) is 0 Å².